The lowest BCUT2D eigenvalue weighted by molar-refractivity contribution is -0.150. The molecule has 8 nitrogen and oxygen atoms in total. The maximum atomic E-state index is 13.7. The van der Waals surface area contributed by atoms with Gasteiger partial charge in [0.25, 0.3) is 0 Å². The largest absolute Gasteiger partial charge is 0.454 e. The van der Waals surface area contributed by atoms with Gasteiger partial charge in [0, 0.05) is 25.1 Å². The Morgan fingerprint density at radius 1 is 1.11 bits per heavy atom. The normalized spacial score (nSPS) is 24.9. The first-order valence-electron chi connectivity index (χ1n) is 12.5. The number of esters is 1. The first kappa shape index (κ1) is 24.2. The van der Waals surface area contributed by atoms with Crippen LogP contribution in [0, 0.1) is 5.41 Å². The molecular formula is C28H29NO7S. The Morgan fingerprint density at radius 2 is 1.81 bits per heavy atom. The zero-order valence-corrected chi connectivity index (χ0v) is 21.9. The predicted octanol–water partition coefficient (Wildman–Crippen LogP) is 3.53. The van der Waals surface area contributed by atoms with E-state index in [9.17, 15) is 18.0 Å². The third-order valence-electron chi connectivity index (χ3n) is 7.83. The number of nitrogens with zero attached hydrogens (tertiary/aromatic N) is 1. The third-order valence-corrected chi connectivity index (χ3v) is 9.95. The number of hydrogen-bond donors (Lipinski definition) is 0. The fraction of sp³-hybridized carbons (Fsp3) is 0.429. The Hall–Kier alpha value is -3.17. The van der Waals surface area contributed by atoms with Gasteiger partial charge in [-0.3, -0.25) is 14.5 Å². The average molecular weight is 524 g/mol. The summed E-state index contributed by atoms with van der Waals surface area (Å²) in [6, 6.07) is 12.2. The van der Waals surface area contributed by atoms with E-state index >= 15 is 0 Å². The Bertz CT molecular complexity index is 1460. The first-order valence-corrected chi connectivity index (χ1v) is 14.0. The highest BCUT2D eigenvalue weighted by Gasteiger charge is 2.59. The van der Waals surface area contributed by atoms with Crippen LogP contribution in [0.3, 0.4) is 0 Å². The number of Topliss-reactive ketones (excluding diaryl/α,β-unsaturated/α-hetero) is 1. The van der Waals surface area contributed by atoms with Crippen LogP contribution in [-0.4, -0.2) is 55.7 Å². The number of ketones is 1. The van der Waals surface area contributed by atoms with Crippen LogP contribution in [0.15, 0.2) is 53.1 Å². The third kappa shape index (κ3) is 3.70. The average Bonchev–Trinajstić information content (AvgIpc) is 3.51. The number of ether oxygens (including phenoxy) is 3. The van der Waals surface area contributed by atoms with Gasteiger partial charge in [-0.1, -0.05) is 18.2 Å². The van der Waals surface area contributed by atoms with Gasteiger partial charge < -0.3 is 14.2 Å². The van der Waals surface area contributed by atoms with Gasteiger partial charge in [0.2, 0.25) is 12.6 Å². The van der Waals surface area contributed by atoms with Crippen molar-refractivity contribution in [2.75, 3.05) is 19.9 Å². The molecule has 37 heavy (non-hydrogen) atoms. The van der Waals surface area contributed by atoms with Crippen molar-refractivity contribution < 1.29 is 32.2 Å². The summed E-state index contributed by atoms with van der Waals surface area (Å²) >= 11 is 0. The molecule has 1 spiro atoms. The van der Waals surface area contributed by atoms with Crippen LogP contribution in [-0.2, 0) is 30.6 Å². The van der Waals surface area contributed by atoms with E-state index in [0.717, 1.165) is 11.1 Å². The number of sulfone groups is 1. The quantitative estimate of drug-likeness (QED) is 0.564. The zero-order chi connectivity index (χ0) is 26.2. The standard InChI is InChI=1S/C28H29NO7S/c1-27(2,3)26(31)36-25-21(30)14-28-13-19(37(32,33)18-7-5-4-6-8-18)15-29(28)10-9-17-11-22-23(35-16-34-22)12-20(17)24(25)28/h4-8,11-12,19H,9-10,13-16H2,1-3H3/t19-,28+/m1/s1. The van der Waals surface area contributed by atoms with Crippen molar-refractivity contribution in [2.24, 2.45) is 5.41 Å². The fourth-order valence-corrected chi connectivity index (χ4v) is 7.73. The minimum atomic E-state index is -3.65. The van der Waals surface area contributed by atoms with E-state index in [0.29, 0.717) is 30.0 Å². The molecule has 6 rings (SSSR count). The Labute approximate surface area is 216 Å². The zero-order valence-electron chi connectivity index (χ0n) is 21.1. The van der Waals surface area contributed by atoms with Crippen LogP contribution in [0.2, 0.25) is 0 Å². The second-order valence-corrected chi connectivity index (χ2v) is 13.4. The summed E-state index contributed by atoms with van der Waals surface area (Å²) in [5.74, 6) is 0.412. The fourth-order valence-electron chi connectivity index (χ4n) is 5.94. The van der Waals surface area contributed by atoms with Gasteiger partial charge in [-0.25, -0.2) is 8.42 Å². The monoisotopic (exact) mass is 523 g/mol. The highest BCUT2D eigenvalue weighted by atomic mass is 32.2. The molecule has 2 aromatic rings. The summed E-state index contributed by atoms with van der Waals surface area (Å²) in [5, 5.41) is -0.703. The summed E-state index contributed by atoms with van der Waals surface area (Å²) in [7, 11) is -3.65. The Morgan fingerprint density at radius 3 is 2.51 bits per heavy atom. The molecule has 0 aromatic heterocycles. The van der Waals surface area contributed by atoms with Gasteiger partial charge in [-0.05, 0) is 69.0 Å². The van der Waals surface area contributed by atoms with Crippen molar-refractivity contribution in [3.63, 3.8) is 0 Å². The van der Waals surface area contributed by atoms with Crippen molar-refractivity contribution in [1.29, 1.82) is 0 Å². The van der Waals surface area contributed by atoms with Crippen molar-refractivity contribution in [3.05, 3.63) is 59.4 Å². The van der Waals surface area contributed by atoms with Gasteiger partial charge in [0.1, 0.15) is 0 Å². The van der Waals surface area contributed by atoms with E-state index in [2.05, 4.69) is 4.90 Å². The number of benzene rings is 2. The van der Waals surface area contributed by atoms with E-state index in [1.54, 1.807) is 51.1 Å². The van der Waals surface area contributed by atoms with E-state index in [1.807, 2.05) is 12.1 Å². The van der Waals surface area contributed by atoms with E-state index in [-0.39, 0.29) is 42.6 Å². The maximum Gasteiger partial charge on any atom is 0.316 e. The molecule has 4 aliphatic rings. The SMILES string of the molecule is CC(C)(C)C(=O)OC1=C2c3cc4c(cc3CCN3C[C@H](S(=O)(=O)c5ccccc5)C[C@]23CC1=O)OCO4. The first-order chi connectivity index (χ1) is 17.5. The predicted molar refractivity (Wildman–Crippen MR) is 135 cm³/mol. The lowest BCUT2D eigenvalue weighted by Gasteiger charge is -2.35. The number of allylic oxidation sites excluding steroid dienone is 1. The maximum absolute atomic E-state index is 13.7. The molecule has 0 unspecified atom stereocenters. The molecule has 1 aliphatic carbocycles. The van der Waals surface area contributed by atoms with E-state index in [1.165, 1.54) is 0 Å². The van der Waals surface area contributed by atoms with Crippen LogP contribution >= 0.6 is 0 Å². The molecule has 2 aromatic carbocycles. The van der Waals surface area contributed by atoms with Crippen molar-refractivity contribution in [2.45, 2.75) is 55.7 Å². The summed E-state index contributed by atoms with van der Waals surface area (Å²) in [6.45, 7) is 6.16. The number of fused-ring (bicyclic) bond motifs is 3. The summed E-state index contributed by atoms with van der Waals surface area (Å²) < 4.78 is 44.4. The minimum Gasteiger partial charge on any atom is -0.454 e. The molecule has 3 heterocycles. The molecule has 194 valence electrons. The number of hydrogen-bond acceptors (Lipinski definition) is 8. The van der Waals surface area contributed by atoms with Crippen molar-refractivity contribution in [1.82, 2.24) is 4.90 Å². The van der Waals surface area contributed by atoms with E-state index < -0.39 is 32.0 Å². The minimum absolute atomic E-state index is 0.0182. The lowest BCUT2D eigenvalue weighted by atomic mass is 9.83. The van der Waals surface area contributed by atoms with Crippen LogP contribution in [0.25, 0.3) is 5.57 Å². The Kier molecular flexibility index (Phi) is 5.34. The van der Waals surface area contributed by atoms with Crippen LogP contribution in [0.5, 0.6) is 11.5 Å². The topological polar surface area (TPSA) is 99.2 Å². The molecule has 2 atom stereocenters. The van der Waals surface area contributed by atoms with Gasteiger partial charge in [-0.15, -0.1) is 0 Å². The van der Waals surface area contributed by atoms with Crippen LogP contribution in [0.4, 0.5) is 0 Å². The van der Waals surface area contributed by atoms with Gasteiger partial charge >= 0.3 is 5.97 Å². The number of carbonyl (C=O) groups excluding carboxylic acids is 2. The molecule has 0 saturated carbocycles. The second-order valence-electron chi connectivity index (χ2n) is 11.2. The van der Waals surface area contributed by atoms with Gasteiger partial charge in [-0.2, -0.15) is 0 Å². The summed E-state index contributed by atoms with van der Waals surface area (Å²) in [4.78, 5) is 28.9. The molecule has 1 saturated heterocycles. The molecule has 0 radical (unpaired) electrons. The highest BCUT2D eigenvalue weighted by Crippen LogP contribution is 2.55. The van der Waals surface area contributed by atoms with Crippen LogP contribution in [0.1, 0.15) is 44.7 Å². The molecule has 1 fully saturated rings. The lowest BCUT2D eigenvalue weighted by Crippen LogP contribution is -2.43. The van der Waals surface area contributed by atoms with E-state index in [4.69, 9.17) is 14.2 Å². The second kappa shape index (κ2) is 8.16. The smallest absolute Gasteiger partial charge is 0.316 e. The molecule has 3 aliphatic heterocycles. The van der Waals surface area contributed by atoms with Crippen molar-refractivity contribution in [3.8, 4) is 11.5 Å². The number of rotatable bonds is 3. The Balaban J connectivity index is 1.52. The van der Waals surface area contributed by atoms with Gasteiger partial charge in [0.05, 0.1) is 21.1 Å². The molecule has 0 bridgehead atoms. The highest BCUT2D eigenvalue weighted by molar-refractivity contribution is 7.92. The van der Waals surface area contributed by atoms with Crippen LogP contribution < -0.4 is 9.47 Å². The summed E-state index contributed by atoms with van der Waals surface area (Å²) in [6.07, 6.45) is 0.920. The molecule has 0 N–H and O–H groups in total. The summed E-state index contributed by atoms with van der Waals surface area (Å²) in [5.41, 5.74) is 0.588. The molecule has 9 heteroatoms. The van der Waals surface area contributed by atoms with Gasteiger partial charge in [0.15, 0.2) is 27.1 Å². The van der Waals surface area contributed by atoms with Crippen molar-refractivity contribution >= 4 is 27.2 Å². The number of carbonyl (C=O) groups is 2. The molecular weight excluding hydrogens is 494 g/mol. The molecule has 0 amide bonds.